The Morgan fingerprint density at radius 3 is 2.79 bits per heavy atom. The molecule has 6 nitrogen and oxygen atoms in total. The van der Waals surface area contributed by atoms with Gasteiger partial charge in [-0.15, -0.1) is 11.3 Å². The number of nitrogens with zero attached hydrogens (tertiary/aromatic N) is 2. The third-order valence-corrected chi connectivity index (χ3v) is 8.21. The number of carbonyl (C=O) groups excluding carboxylic acids is 1. The minimum atomic E-state index is -3.31. The van der Waals surface area contributed by atoms with E-state index in [1.54, 1.807) is 29.2 Å². The minimum Gasteiger partial charge on any atom is -0.376 e. The molecule has 3 heterocycles. The molecule has 1 saturated heterocycles. The smallest absolute Gasteiger partial charge is 0.270 e. The van der Waals surface area contributed by atoms with Crippen molar-refractivity contribution in [1.82, 2.24) is 4.98 Å². The van der Waals surface area contributed by atoms with E-state index in [0.717, 1.165) is 21.3 Å². The topological polar surface area (TPSA) is 76.6 Å². The molecule has 28 heavy (non-hydrogen) atoms. The van der Waals surface area contributed by atoms with Crippen molar-refractivity contribution in [3.63, 3.8) is 0 Å². The van der Waals surface area contributed by atoms with E-state index in [4.69, 9.17) is 4.74 Å². The van der Waals surface area contributed by atoms with Crippen LogP contribution in [0.4, 0.5) is 5.13 Å². The number of hydrogen-bond acceptors (Lipinski definition) is 7. The summed E-state index contributed by atoms with van der Waals surface area (Å²) in [5, 5.41) is 0.547. The minimum absolute atomic E-state index is 0.0223. The Morgan fingerprint density at radius 2 is 2.14 bits per heavy atom. The van der Waals surface area contributed by atoms with E-state index in [1.165, 1.54) is 28.9 Å². The maximum Gasteiger partial charge on any atom is 0.270 e. The summed E-state index contributed by atoms with van der Waals surface area (Å²) in [5.41, 5.74) is 0.671. The van der Waals surface area contributed by atoms with E-state index in [2.05, 4.69) is 20.9 Å². The second-order valence-electron chi connectivity index (χ2n) is 6.55. The molecular formula is C18H17BrN2O4S3. The maximum absolute atomic E-state index is 13.2. The van der Waals surface area contributed by atoms with Crippen LogP contribution in [0.1, 0.15) is 22.5 Å². The first kappa shape index (κ1) is 20.0. The molecule has 0 aliphatic carbocycles. The molecule has 1 aliphatic heterocycles. The Balaban J connectivity index is 1.73. The average molecular weight is 501 g/mol. The molecule has 0 N–H and O–H groups in total. The van der Waals surface area contributed by atoms with Gasteiger partial charge in [-0.1, -0.05) is 11.3 Å². The van der Waals surface area contributed by atoms with E-state index in [9.17, 15) is 13.2 Å². The predicted molar refractivity (Wildman–Crippen MR) is 115 cm³/mol. The fourth-order valence-corrected chi connectivity index (χ4v) is 6.11. The van der Waals surface area contributed by atoms with Crippen LogP contribution in [0.2, 0.25) is 0 Å². The lowest BCUT2D eigenvalue weighted by Gasteiger charge is -2.22. The summed E-state index contributed by atoms with van der Waals surface area (Å²) in [6.45, 7) is 1.13. The number of rotatable bonds is 5. The highest BCUT2D eigenvalue weighted by atomic mass is 79.9. The maximum atomic E-state index is 13.2. The summed E-state index contributed by atoms with van der Waals surface area (Å²) in [7, 11) is -3.31. The van der Waals surface area contributed by atoms with E-state index >= 15 is 0 Å². The van der Waals surface area contributed by atoms with Gasteiger partial charge in [0.25, 0.3) is 5.91 Å². The molecule has 4 rings (SSSR count). The number of thiophene rings is 1. The number of carbonyl (C=O) groups is 1. The molecule has 3 aromatic rings. The van der Waals surface area contributed by atoms with Crippen molar-refractivity contribution < 1.29 is 17.9 Å². The Kier molecular flexibility index (Phi) is 5.58. The van der Waals surface area contributed by atoms with Crippen molar-refractivity contribution in [2.24, 2.45) is 0 Å². The number of hydrogen-bond donors (Lipinski definition) is 0. The molecule has 1 aromatic carbocycles. The molecule has 1 fully saturated rings. The highest BCUT2D eigenvalue weighted by Crippen LogP contribution is 2.33. The zero-order chi connectivity index (χ0) is 19.9. The van der Waals surface area contributed by atoms with Gasteiger partial charge in [-0.3, -0.25) is 9.69 Å². The normalized spacial score (nSPS) is 17.3. The van der Waals surface area contributed by atoms with Crippen molar-refractivity contribution in [3.05, 3.63) is 39.0 Å². The van der Waals surface area contributed by atoms with Gasteiger partial charge in [0.1, 0.15) is 0 Å². The SMILES string of the molecule is CS(=O)(=O)c1ccc2nc(N(CC3CCCO3)C(=O)c3ccc(Br)s3)sc2c1. The molecule has 148 valence electrons. The van der Waals surface area contributed by atoms with Crippen molar-refractivity contribution in [2.75, 3.05) is 24.3 Å². The first-order valence-electron chi connectivity index (χ1n) is 8.61. The van der Waals surface area contributed by atoms with Crippen molar-refractivity contribution in [1.29, 1.82) is 0 Å². The van der Waals surface area contributed by atoms with Gasteiger partial charge in [0.15, 0.2) is 15.0 Å². The summed E-state index contributed by atoms with van der Waals surface area (Å²) in [6.07, 6.45) is 3.04. The van der Waals surface area contributed by atoms with E-state index in [0.29, 0.717) is 28.7 Å². The van der Waals surface area contributed by atoms with Gasteiger partial charge in [-0.2, -0.15) is 0 Å². The van der Waals surface area contributed by atoms with Gasteiger partial charge >= 0.3 is 0 Å². The number of aromatic nitrogens is 1. The third-order valence-electron chi connectivity index (χ3n) is 4.45. The van der Waals surface area contributed by atoms with Gasteiger partial charge in [-0.25, -0.2) is 13.4 Å². The standard InChI is InChI=1S/C18H17BrN2O4S3/c1-28(23,24)12-4-5-13-15(9-12)27-18(20-13)21(10-11-3-2-8-25-11)17(22)14-6-7-16(19)26-14/h4-7,9,11H,2-3,8,10H2,1H3. The quantitative estimate of drug-likeness (QED) is 0.520. The Labute approximate surface area is 179 Å². The number of amides is 1. The fourth-order valence-electron chi connectivity index (χ4n) is 3.04. The second-order valence-corrected chi connectivity index (χ2v) is 12.0. The van der Waals surface area contributed by atoms with E-state index in [-0.39, 0.29) is 16.9 Å². The summed E-state index contributed by atoms with van der Waals surface area (Å²) in [4.78, 5) is 20.3. The van der Waals surface area contributed by atoms with Crippen LogP contribution >= 0.6 is 38.6 Å². The Morgan fingerprint density at radius 1 is 1.32 bits per heavy atom. The first-order chi connectivity index (χ1) is 13.3. The number of fused-ring (bicyclic) bond motifs is 1. The number of anilines is 1. The molecule has 0 radical (unpaired) electrons. The van der Waals surface area contributed by atoms with Crippen LogP contribution in [0, 0.1) is 0 Å². The zero-order valence-electron chi connectivity index (χ0n) is 14.9. The summed E-state index contributed by atoms with van der Waals surface area (Å²) < 4.78 is 31.0. The van der Waals surface area contributed by atoms with Crippen molar-refractivity contribution in [2.45, 2.75) is 23.8 Å². The summed E-state index contributed by atoms with van der Waals surface area (Å²) in [5.74, 6) is -0.131. The van der Waals surface area contributed by atoms with Crippen LogP contribution in [-0.4, -0.2) is 44.8 Å². The van der Waals surface area contributed by atoms with Crippen molar-refractivity contribution >= 4 is 69.7 Å². The van der Waals surface area contributed by atoms with Gasteiger partial charge in [-0.05, 0) is 59.1 Å². The molecule has 1 atom stereocenters. The number of halogens is 1. The van der Waals surface area contributed by atoms with E-state index < -0.39 is 9.84 Å². The van der Waals surface area contributed by atoms with Crippen LogP contribution in [0.5, 0.6) is 0 Å². The molecule has 0 bridgehead atoms. The molecule has 0 spiro atoms. The molecule has 1 aliphatic rings. The molecule has 1 amide bonds. The number of ether oxygens (including phenoxy) is 1. The fraction of sp³-hybridized carbons (Fsp3) is 0.333. The number of thiazole rings is 1. The van der Waals surface area contributed by atoms with Gasteiger partial charge in [0.05, 0.1) is 36.4 Å². The Bertz CT molecular complexity index is 1130. The van der Waals surface area contributed by atoms with Crippen LogP contribution in [0.25, 0.3) is 10.2 Å². The monoisotopic (exact) mass is 500 g/mol. The highest BCUT2D eigenvalue weighted by molar-refractivity contribution is 9.11. The molecule has 10 heteroatoms. The second kappa shape index (κ2) is 7.83. The van der Waals surface area contributed by atoms with Gasteiger partial charge in [0, 0.05) is 12.9 Å². The molecule has 1 unspecified atom stereocenters. The Hall–Kier alpha value is -1.33. The predicted octanol–water partition coefficient (Wildman–Crippen LogP) is 4.35. The van der Waals surface area contributed by atoms with Crippen molar-refractivity contribution in [3.8, 4) is 0 Å². The number of benzene rings is 1. The third kappa shape index (κ3) is 4.16. The van der Waals surface area contributed by atoms with Crippen LogP contribution in [0.15, 0.2) is 39.0 Å². The largest absolute Gasteiger partial charge is 0.376 e. The lowest BCUT2D eigenvalue weighted by Crippen LogP contribution is -2.37. The molecule has 2 aromatic heterocycles. The van der Waals surface area contributed by atoms with Crippen LogP contribution < -0.4 is 4.90 Å². The lowest BCUT2D eigenvalue weighted by molar-refractivity contribution is 0.0920. The van der Waals surface area contributed by atoms with Gasteiger partial charge in [0.2, 0.25) is 0 Å². The first-order valence-corrected chi connectivity index (χ1v) is 12.9. The highest BCUT2D eigenvalue weighted by Gasteiger charge is 2.28. The van der Waals surface area contributed by atoms with Gasteiger partial charge < -0.3 is 4.74 Å². The average Bonchev–Trinajstić information content (AvgIpc) is 3.38. The molecular weight excluding hydrogens is 484 g/mol. The lowest BCUT2D eigenvalue weighted by atomic mass is 10.2. The summed E-state index contributed by atoms with van der Waals surface area (Å²) in [6, 6.07) is 8.47. The van der Waals surface area contributed by atoms with E-state index in [1.807, 2.05) is 6.07 Å². The van der Waals surface area contributed by atoms with Crippen LogP contribution in [-0.2, 0) is 14.6 Å². The zero-order valence-corrected chi connectivity index (χ0v) is 19.0. The molecule has 0 saturated carbocycles. The van der Waals surface area contributed by atoms with Crippen LogP contribution in [0.3, 0.4) is 0 Å². The number of sulfone groups is 1. The summed E-state index contributed by atoms with van der Waals surface area (Å²) >= 11 is 6.09.